The quantitative estimate of drug-likeness (QED) is 0.758. The van der Waals surface area contributed by atoms with Crippen molar-refractivity contribution in [2.24, 2.45) is 0 Å². The van der Waals surface area contributed by atoms with E-state index in [1.165, 1.54) is 0 Å². The summed E-state index contributed by atoms with van der Waals surface area (Å²) in [6.07, 6.45) is 1.77. The van der Waals surface area contributed by atoms with Gasteiger partial charge in [0, 0.05) is 35.7 Å². The van der Waals surface area contributed by atoms with E-state index in [0.29, 0.717) is 13.2 Å². The van der Waals surface area contributed by atoms with Crippen LogP contribution in [0.2, 0.25) is 0 Å². The molecule has 0 bridgehead atoms. The van der Waals surface area contributed by atoms with Gasteiger partial charge < -0.3 is 15.4 Å². The maximum absolute atomic E-state index is 12.4. The highest BCUT2D eigenvalue weighted by atomic mass is 16.5. The maximum Gasteiger partial charge on any atom is 0.315 e. The number of urea groups is 1. The van der Waals surface area contributed by atoms with E-state index in [0.717, 1.165) is 27.8 Å². The fraction of sp³-hybridized carbons (Fsp3) is 0.238. The van der Waals surface area contributed by atoms with Crippen molar-refractivity contribution < 1.29 is 9.53 Å². The number of aromatic nitrogens is 1. The first-order chi connectivity index (χ1) is 12.7. The van der Waals surface area contributed by atoms with Gasteiger partial charge in [0.25, 0.3) is 0 Å². The van der Waals surface area contributed by atoms with Crippen molar-refractivity contribution in [3.8, 4) is 5.75 Å². The van der Waals surface area contributed by atoms with E-state index in [4.69, 9.17) is 4.74 Å². The minimum atomic E-state index is -0.178. The number of amides is 2. The van der Waals surface area contributed by atoms with Gasteiger partial charge in [0.2, 0.25) is 0 Å². The topological polar surface area (TPSA) is 63.2 Å². The number of hydrogen-bond donors (Lipinski definition) is 2. The highest BCUT2D eigenvalue weighted by Gasteiger charge is 2.29. The summed E-state index contributed by atoms with van der Waals surface area (Å²) in [6.45, 7) is 3.06. The number of fused-ring (bicyclic) bond motifs is 2. The van der Waals surface area contributed by atoms with Gasteiger partial charge in [0.05, 0.1) is 12.1 Å². The van der Waals surface area contributed by atoms with E-state index in [-0.39, 0.29) is 18.0 Å². The summed E-state index contributed by atoms with van der Waals surface area (Å²) in [5, 5.41) is 7.04. The van der Waals surface area contributed by atoms with E-state index in [9.17, 15) is 4.79 Å². The Morgan fingerprint density at radius 2 is 2.00 bits per heavy atom. The minimum absolute atomic E-state index is 0.0205. The average Bonchev–Trinajstić information content (AvgIpc) is 3.10. The third-order valence-electron chi connectivity index (χ3n) is 4.88. The average molecular weight is 347 g/mol. The minimum Gasteiger partial charge on any atom is -0.493 e. The molecule has 0 saturated heterocycles. The van der Waals surface area contributed by atoms with Crippen LogP contribution in [0.15, 0.2) is 60.8 Å². The lowest BCUT2D eigenvalue weighted by atomic mass is 9.94. The molecule has 0 radical (unpaired) electrons. The Morgan fingerprint density at radius 1 is 1.19 bits per heavy atom. The lowest BCUT2D eigenvalue weighted by Gasteiger charge is -2.20. The zero-order chi connectivity index (χ0) is 17.9. The van der Waals surface area contributed by atoms with Crippen LogP contribution in [0, 0.1) is 0 Å². The van der Waals surface area contributed by atoms with E-state index < -0.39 is 0 Å². The van der Waals surface area contributed by atoms with E-state index in [2.05, 4.69) is 21.7 Å². The molecule has 5 nitrogen and oxygen atoms in total. The predicted molar refractivity (Wildman–Crippen MR) is 101 cm³/mol. The Bertz CT molecular complexity index is 936. The molecule has 1 aromatic heterocycles. The number of nitrogens with zero attached hydrogens (tertiary/aromatic N) is 1. The van der Waals surface area contributed by atoms with Gasteiger partial charge in [-0.05, 0) is 30.7 Å². The Labute approximate surface area is 152 Å². The Morgan fingerprint density at radius 3 is 2.92 bits per heavy atom. The van der Waals surface area contributed by atoms with Crippen LogP contribution >= 0.6 is 0 Å². The van der Waals surface area contributed by atoms with Crippen LogP contribution < -0.4 is 15.4 Å². The van der Waals surface area contributed by atoms with E-state index >= 15 is 0 Å². The monoisotopic (exact) mass is 347 g/mol. The summed E-state index contributed by atoms with van der Waals surface area (Å²) < 4.78 is 5.71. The number of rotatable bonds is 4. The molecule has 0 unspecified atom stereocenters. The second-order valence-corrected chi connectivity index (χ2v) is 6.56. The van der Waals surface area contributed by atoms with Crippen molar-refractivity contribution >= 4 is 16.9 Å². The summed E-state index contributed by atoms with van der Waals surface area (Å²) in [5.41, 5.74) is 3.13. The molecule has 2 N–H and O–H groups in total. The summed E-state index contributed by atoms with van der Waals surface area (Å²) in [6, 6.07) is 17.7. The van der Waals surface area contributed by atoms with Crippen LogP contribution in [-0.4, -0.2) is 23.7 Å². The fourth-order valence-electron chi connectivity index (χ4n) is 3.44. The number of ether oxygens (including phenoxy) is 1. The van der Waals surface area contributed by atoms with Crippen molar-refractivity contribution in [2.75, 3.05) is 6.61 Å². The molecular weight excluding hydrogens is 326 g/mol. The third-order valence-corrected chi connectivity index (χ3v) is 4.88. The molecule has 26 heavy (non-hydrogen) atoms. The standard InChI is InChI=1S/C21H21N3O2/c1-14(18-13-26-20-9-5-3-7-17(18)20)24-21(25)23-12-15-10-11-22-19-8-4-2-6-16(15)19/h2-11,14,18H,12-13H2,1H3,(H2,23,24,25)/t14-,18-/m1/s1. The van der Waals surface area contributed by atoms with Crippen LogP contribution in [0.3, 0.4) is 0 Å². The number of carbonyl (C=O) groups is 1. The van der Waals surface area contributed by atoms with Gasteiger partial charge in [-0.15, -0.1) is 0 Å². The molecule has 0 spiro atoms. The summed E-state index contributed by atoms with van der Waals surface area (Å²) in [5.74, 6) is 1.08. The molecule has 1 aliphatic rings. The van der Waals surface area contributed by atoms with Crippen molar-refractivity contribution in [1.29, 1.82) is 0 Å². The molecule has 2 amide bonds. The summed E-state index contributed by atoms with van der Waals surface area (Å²) >= 11 is 0. The molecule has 0 aliphatic carbocycles. The first-order valence-electron chi connectivity index (χ1n) is 8.81. The third kappa shape index (κ3) is 3.20. The van der Waals surface area contributed by atoms with Gasteiger partial charge in [-0.2, -0.15) is 0 Å². The number of nitrogens with one attached hydrogen (secondary N) is 2. The number of hydrogen-bond acceptors (Lipinski definition) is 3. The van der Waals surface area contributed by atoms with Crippen molar-refractivity contribution in [3.63, 3.8) is 0 Å². The smallest absolute Gasteiger partial charge is 0.315 e. The maximum atomic E-state index is 12.4. The van der Waals surface area contributed by atoms with Gasteiger partial charge >= 0.3 is 6.03 Å². The second kappa shape index (κ2) is 7.04. The van der Waals surface area contributed by atoms with Gasteiger partial charge in [-0.1, -0.05) is 36.4 Å². The number of para-hydroxylation sites is 2. The fourth-order valence-corrected chi connectivity index (χ4v) is 3.44. The summed E-state index contributed by atoms with van der Waals surface area (Å²) in [7, 11) is 0. The lowest BCUT2D eigenvalue weighted by Crippen LogP contribution is -2.43. The molecule has 0 fully saturated rings. The van der Waals surface area contributed by atoms with Gasteiger partial charge in [-0.3, -0.25) is 4.98 Å². The molecule has 2 aromatic carbocycles. The van der Waals surface area contributed by atoms with E-state index in [1.807, 2.05) is 55.5 Å². The first kappa shape index (κ1) is 16.4. The highest BCUT2D eigenvalue weighted by molar-refractivity contribution is 5.82. The molecule has 3 aromatic rings. The largest absolute Gasteiger partial charge is 0.493 e. The van der Waals surface area contributed by atoms with Crippen molar-refractivity contribution in [2.45, 2.75) is 25.4 Å². The van der Waals surface area contributed by atoms with Crippen LogP contribution in [0.25, 0.3) is 10.9 Å². The molecule has 5 heteroatoms. The summed E-state index contributed by atoms with van der Waals surface area (Å²) in [4.78, 5) is 16.7. The predicted octanol–water partition coefficient (Wildman–Crippen LogP) is 3.60. The molecule has 132 valence electrons. The number of carbonyl (C=O) groups excluding carboxylic acids is 1. The molecule has 2 atom stereocenters. The van der Waals surface area contributed by atoms with Gasteiger partial charge in [0.15, 0.2) is 0 Å². The number of benzene rings is 2. The molecule has 2 heterocycles. The van der Waals surface area contributed by atoms with Gasteiger partial charge in [0.1, 0.15) is 5.75 Å². The van der Waals surface area contributed by atoms with Crippen molar-refractivity contribution in [3.05, 3.63) is 71.9 Å². The molecular formula is C21H21N3O2. The van der Waals surface area contributed by atoms with Gasteiger partial charge in [-0.25, -0.2) is 4.79 Å². The highest BCUT2D eigenvalue weighted by Crippen LogP contribution is 2.35. The van der Waals surface area contributed by atoms with Crippen molar-refractivity contribution in [1.82, 2.24) is 15.6 Å². The number of pyridine rings is 1. The molecule has 1 aliphatic heterocycles. The Kier molecular flexibility index (Phi) is 4.44. The Hall–Kier alpha value is -3.08. The van der Waals surface area contributed by atoms with E-state index in [1.54, 1.807) is 6.20 Å². The van der Waals surface area contributed by atoms with Crippen LogP contribution in [0.4, 0.5) is 4.79 Å². The SMILES string of the molecule is C[C@@H](NC(=O)NCc1ccnc2ccccc12)[C@H]1COc2ccccc21. The molecule has 4 rings (SSSR count). The Balaban J connectivity index is 1.38. The second-order valence-electron chi connectivity index (χ2n) is 6.56. The van der Waals surface area contributed by atoms with Crippen LogP contribution in [-0.2, 0) is 6.54 Å². The molecule has 0 saturated carbocycles. The lowest BCUT2D eigenvalue weighted by molar-refractivity contribution is 0.232. The van der Waals surface area contributed by atoms with Crippen LogP contribution in [0.1, 0.15) is 24.0 Å². The zero-order valence-electron chi connectivity index (χ0n) is 14.6. The zero-order valence-corrected chi connectivity index (χ0v) is 14.6. The van der Waals surface area contributed by atoms with Crippen LogP contribution in [0.5, 0.6) is 5.75 Å². The normalized spacial score (nSPS) is 16.6. The first-order valence-corrected chi connectivity index (χ1v) is 8.81.